The van der Waals surface area contributed by atoms with Crippen molar-refractivity contribution in [2.24, 2.45) is 0 Å². The van der Waals surface area contributed by atoms with E-state index in [2.05, 4.69) is 64.5 Å². The van der Waals surface area contributed by atoms with E-state index in [-0.39, 0.29) is 0 Å². The van der Waals surface area contributed by atoms with Crippen LogP contribution in [0.25, 0.3) is 22.5 Å². The first-order valence-electron chi connectivity index (χ1n) is 8.82. The highest BCUT2D eigenvalue weighted by atomic mass is 15.2. The highest BCUT2D eigenvalue weighted by molar-refractivity contribution is 5.78. The summed E-state index contributed by atoms with van der Waals surface area (Å²) in [7, 11) is 0. The van der Waals surface area contributed by atoms with Crippen molar-refractivity contribution in [2.45, 2.75) is 25.8 Å². The standard InChI is InChI=1S/C21H23N3/c1-4-10-17(11-5-1)20-21(18-12-6-2-7-13-18)23-19(22-20)16-24-14-8-3-9-15-24/h1-2,4-7,10-13H,3,8-9,14-16H2,(H,22,23). The van der Waals surface area contributed by atoms with Gasteiger partial charge in [0, 0.05) is 11.1 Å². The van der Waals surface area contributed by atoms with Crippen LogP contribution in [0.3, 0.4) is 0 Å². The van der Waals surface area contributed by atoms with E-state index in [4.69, 9.17) is 4.98 Å². The summed E-state index contributed by atoms with van der Waals surface area (Å²) < 4.78 is 0. The molecule has 0 spiro atoms. The Morgan fingerprint density at radius 3 is 2.08 bits per heavy atom. The van der Waals surface area contributed by atoms with E-state index in [1.54, 1.807) is 0 Å². The van der Waals surface area contributed by atoms with Gasteiger partial charge in [-0.05, 0) is 25.9 Å². The third-order valence-corrected chi connectivity index (χ3v) is 4.68. The molecule has 1 aliphatic rings. The fourth-order valence-corrected chi connectivity index (χ4v) is 3.45. The molecular weight excluding hydrogens is 294 g/mol. The molecule has 2 aromatic carbocycles. The topological polar surface area (TPSA) is 31.9 Å². The SMILES string of the molecule is c1ccc(-c2nc(CN3CCCCC3)[nH]c2-c2ccccc2)cc1. The summed E-state index contributed by atoms with van der Waals surface area (Å²) in [6.07, 6.45) is 3.97. The lowest BCUT2D eigenvalue weighted by molar-refractivity contribution is 0.216. The summed E-state index contributed by atoms with van der Waals surface area (Å²) in [5.41, 5.74) is 4.52. The number of aromatic nitrogens is 2. The first-order chi connectivity index (χ1) is 11.9. The first-order valence-corrected chi connectivity index (χ1v) is 8.82. The number of piperidine rings is 1. The number of benzene rings is 2. The van der Waals surface area contributed by atoms with Gasteiger partial charge in [0.2, 0.25) is 0 Å². The van der Waals surface area contributed by atoms with Gasteiger partial charge in [-0.2, -0.15) is 0 Å². The summed E-state index contributed by atoms with van der Waals surface area (Å²) in [5, 5.41) is 0. The third-order valence-electron chi connectivity index (χ3n) is 4.68. The van der Waals surface area contributed by atoms with Crippen molar-refractivity contribution in [3.8, 4) is 22.5 Å². The molecule has 1 fully saturated rings. The lowest BCUT2D eigenvalue weighted by Crippen LogP contribution is -2.29. The molecular formula is C21H23N3. The molecule has 3 heteroatoms. The van der Waals surface area contributed by atoms with Crippen LogP contribution in [-0.4, -0.2) is 28.0 Å². The first kappa shape index (κ1) is 15.2. The highest BCUT2D eigenvalue weighted by Crippen LogP contribution is 2.30. The second kappa shape index (κ2) is 7.02. The van der Waals surface area contributed by atoms with Crippen LogP contribution in [0, 0.1) is 0 Å². The molecule has 4 rings (SSSR count). The summed E-state index contributed by atoms with van der Waals surface area (Å²) in [4.78, 5) is 11.1. The van der Waals surface area contributed by atoms with E-state index in [0.717, 1.165) is 29.3 Å². The van der Waals surface area contributed by atoms with Crippen molar-refractivity contribution in [1.82, 2.24) is 14.9 Å². The maximum Gasteiger partial charge on any atom is 0.121 e. The highest BCUT2D eigenvalue weighted by Gasteiger charge is 2.17. The van der Waals surface area contributed by atoms with Gasteiger partial charge in [0.25, 0.3) is 0 Å². The Kier molecular flexibility index (Phi) is 4.43. The molecule has 3 nitrogen and oxygen atoms in total. The second-order valence-electron chi connectivity index (χ2n) is 6.48. The minimum absolute atomic E-state index is 0.909. The number of nitrogens with zero attached hydrogens (tertiary/aromatic N) is 2. The van der Waals surface area contributed by atoms with Gasteiger partial charge < -0.3 is 4.98 Å². The van der Waals surface area contributed by atoms with Gasteiger partial charge in [-0.15, -0.1) is 0 Å². The normalized spacial score (nSPS) is 15.5. The Balaban J connectivity index is 1.70. The predicted molar refractivity (Wildman–Crippen MR) is 98.6 cm³/mol. The number of imidazole rings is 1. The molecule has 0 amide bonds. The van der Waals surface area contributed by atoms with Crippen molar-refractivity contribution >= 4 is 0 Å². The van der Waals surface area contributed by atoms with Gasteiger partial charge in [0.15, 0.2) is 0 Å². The minimum Gasteiger partial charge on any atom is -0.340 e. The number of likely N-dealkylation sites (tertiary alicyclic amines) is 1. The van der Waals surface area contributed by atoms with Gasteiger partial charge in [-0.1, -0.05) is 67.1 Å². The molecule has 1 aromatic heterocycles. The maximum atomic E-state index is 4.95. The average molecular weight is 317 g/mol. The fraction of sp³-hybridized carbons (Fsp3) is 0.286. The number of hydrogen-bond donors (Lipinski definition) is 1. The zero-order chi connectivity index (χ0) is 16.2. The fourth-order valence-electron chi connectivity index (χ4n) is 3.45. The third kappa shape index (κ3) is 3.26. The molecule has 0 atom stereocenters. The van der Waals surface area contributed by atoms with Crippen LogP contribution in [0.5, 0.6) is 0 Å². The average Bonchev–Trinajstić information content (AvgIpc) is 3.08. The van der Waals surface area contributed by atoms with E-state index in [0.29, 0.717) is 0 Å². The Labute approximate surface area is 143 Å². The molecule has 0 saturated carbocycles. The number of rotatable bonds is 4. The lowest BCUT2D eigenvalue weighted by atomic mass is 10.1. The van der Waals surface area contributed by atoms with Crippen LogP contribution in [0.2, 0.25) is 0 Å². The Hall–Kier alpha value is -2.39. The molecule has 3 aromatic rings. The molecule has 1 N–H and O–H groups in total. The minimum atomic E-state index is 0.909. The van der Waals surface area contributed by atoms with Crippen LogP contribution < -0.4 is 0 Å². The van der Waals surface area contributed by atoms with Crippen LogP contribution in [0.1, 0.15) is 25.1 Å². The van der Waals surface area contributed by atoms with E-state index in [1.807, 2.05) is 6.07 Å². The Morgan fingerprint density at radius 1 is 0.792 bits per heavy atom. The van der Waals surface area contributed by atoms with Crippen LogP contribution in [0.4, 0.5) is 0 Å². The number of aromatic amines is 1. The van der Waals surface area contributed by atoms with Crippen molar-refractivity contribution in [2.75, 3.05) is 13.1 Å². The van der Waals surface area contributed by atoms with E-state index >= 15 is 0 Å². The molecule has 24 heavy (non-hydrogen) atoms. The zero-order valence-electron chi connectivity index (χ0n) is 13.9. The molecule has 122 valence electrons. The monoisotopic (exact) mass is 317 g/mol. The summed E-state index contributed by atoms with van der Waals surface area (Å²) in [6, 6.07) is 21.0. The van der Waals surface area contributed by atoms with Crippen molar-refractivity contribution < 1.29 is 0 Å². The van der Waals surface area contributed by atoms with Gasteiger partial charge >= 0.3 is 0 Å². The Bertz CT molecular complexity index is 714. The van der Waals surface area contributed by atoms with Crippen molar-refractivity contribution in [1.29, 1.82) is 0 Å². The number of nitrogens with one attached hydrogen (secondary N) is 1. The van der Waals surface area contributed by atoms with Gasteiger partial charge in [-0.25, -0.2) is 4.98 Å². The van der Waals surface area contributed by atoms with Crippen LogP contribution >= 0.6 is 0 Å². The largest absolute Gasteiger partial charge is 0.340 e. The molecule has 0 bridgehead atoms. The smallest absolute Gasteiger partial charge is 0.121 e. The Morgan fingerprint density at radius 2 is 1.42 bits per heavy atom. The van der Waals surface area contributed by atoms with E-state index in [9.17, 15) is 0 Å². The summed E-state index contributed by atoms with van der Waals surface area (Å²) in [6.45, 7) is 3.27. The van der Waals surface area contributed by atoms with Gasteiger partial charge in [0.1, 0.15) is 5.82 Å². The molecule has 1 saturated heterocycles. The lowest BCUT2D eigenvalue weighted by Gasteiger charge is -2.25. The second-order valence-corrected chi connectivity index (χ2v) is 6.48. The quantitative estimate of drug-likeness (QED) is 0.754. The van der Waals surface area contributed by atoms with E-state index < -0.39 is 0 Å². The zero-order valence-corrected chi connectivity index (χ0v) is 13.9. The number of H-pyrrole nitrogens is 1. The number of hydrogen-bond acceptors (Lipinski definition) is 2. The molecule has 0 aliphatic carbocycles. The summed E-state index contributed by atoms with van der Waals surface area (Å²) >= 11 is 0. The van der Waals surface area contributed by atoms with Crippen LogP contribution in [-0.2, 0) is 6.54 Å². The van der Waals surface area contributed by atoms with Gasteiger partial charge in [0.05, 0.1) is 17.9 Å². The van der Waals surface area contributed by atoms with E-state index in [1.165, 1.54) is 37.9 Å². The van der Waals surface area contributed by atoms with Crippen LogP contribution in [0.15, 0.2) is 60.7 Å². The molecule has 0 unspecified atom stereocenters. The molecule has 2 heterocycles. The molecule has 1 aliphatic heterocycles. The summed E-state index contributed by atoms with van der Waals surface area (Å²) in [5.74, 6) is 1.06. The molecule has 0 radical (unpaired) electrons. The predicted octanol–water partition coefficient (Wildman–Crippen LogP) is 4.73. The maximum absolute atomic E-state index is 4.95. The van der Waals surface area contributed by atoms with Crippen molar-refractivity contribution in [3.63, 3.8) is 0 Å². The van der Waals surface area contributed by atoms with Gasteiger partial charge in [-0.3, -0.25) is 4.90 Å². The van der Waals surface area contributed by atoms with Crippen molar-refractivity contribution in [3.05, 3.63) is 66.5 Å².